The summed E-state index contributed by atoms with van der Waals surface area (Å²) in [4.78, 5) is 2.50. The first-order valence-corrected chi connectivity index (χ1v) is 26.8. The highest BCUT2D eigenvalue weighted by Crippen LogP contribution is 2.60. The van der Waals surface area contributed by atoms with E-state index in [-0.39, 0.29) is 27.1 Å². The largest absolute Gasteiger partial charge is 0.454 e. The number of benzene rings is 10. The molecule has 0 saturated heterocycles. The maximum absolute atomic E-state index is 7.23. The molecule has 0 atom stereocenters. The van der Waals surface area contributed by atoms with Gasteiger partial charge in [-0.15, -0.1) is 0 Å². The normalized spacial score (nSPS) is 16.5. The molecular formula is C72H61NO. The van der Waals surface area contributed by atoms with E-state index >= 15 is 0 Å². The van der Waals surface area contributed by atoms with E-state index in [1.54, 1.807) is 0 Å². The fourth-order valence-electron chi connectivity index (χ4n) is 14.5. The van der Waals surface area contributed by atoms with Crippen molar-refractivity contribution in [1.29, 1.82) is 0 Å². The molecule has 1 heterocycles. The van der Waals surface area contributed by atoms with E-state index < -0.39 is 0 Å². The molecule has 0 aliphatic heterocycles. The lowest BCUT2D eigenvalue weighted by molar-refractivity contribution is 0.573. The lowest BCUT2D eigenvalue weighted by atomic mass is 9.79. The molecule has 1 aromatic heterocycles. The minimum atomic E-state index is -0.251. The number of para-hydroxylation sites is 2. The second-order valence-electron chi connectivity index (χ2n) is 25.4. The van der Waals surface area contributed by atoms with Crippen LogP contribution in [0.2, 0.25) is 0 Å². The molecule has 0 spiro atoms. The zero-order valence-electron chi connectivity index (χ0n) is 44.5. The molecular weight excluding hydrogens is 895 g/mol. The van der Waals surface area contributed by atoms with Crippen molar-refractivity contribution in [3.63, 3.8) is 0 Å². The number of hydrogen-bond acceptors (Lipinski definition) is 2. The molecule has 2 nitrogen and oxygen atoms in total. The van der Waals surface area contributed by atoms with Crippen molar-refractivity contribution < 1.29 is 4.42 Å². The summed E-state index contributed by atoms with van der Waals surface area (Å²) >= 11 is 0. The molecule has 360 valence electrons. The van der Waals surface area contributed by atoms with Crippen LogP contribution in [0.15, 0.2) is 174 Å². The predicted molar refractivity (Wildman–Crippen MR) is 312 cm³/mol. The Bertz CT molecular complexity index is 4140. The predicted octanol–water partition coefficient (Wildman–Crippen LogP) is 19.9. The van der Waals surface area contributed by atoms with Crippen LogP contribution in [0.3, 0.4) is 0 Å². The smallest absolute Gasteiger partial charge is 0.159 e. The molecule has 0 N–H and O–H groups in total. The fourth-order valence-corrected chi connectivity index (χ4v) is 14.5. The first-order chi connectivity index (χ1) is 35.3. The minimum absolute atomic E-state index is 0.0923. The summed E-state index contributed by atoms with van der Waals surface area (Å²) < 4.78 is 7.23. The summed E-state index contributed by atoms with van der Waals surface area (Å²) in [5.41, 5.74) is 27.5. The highest BCUT2D eigenvalue weighted by molar-refractivity contribution is 6.11. The van der Waals surface area contributed by atoms with E-state index in [2.05, 4.69) is 251 Å². The Kier molecular flexibility index (Phi) is 8.37. The second kappa shape index (κ2) is 14.1. The molecule has 0 radical (unpaired) electrons. The van der Waals surface area contributed by atoms with Crippen LogP contribution in [0.25, 0.3) is 88.0 Å². The first-order valence-electron chi connectivity index (χ1n) is 26.8. The number of hydrogen-bond donors (Lipinski definition) is 0. The lowest BCUT2D eigenvalue weighted by Gasteiger charge is -2.29. The van der Waals surface area contributed by atoms with E-state index in [0.29, 0.717) is 0 Å². The number of furan rings is 1. The Morgan fingerprint density at radius 1 is 0.324 bits per heavy atom. The average Bonchev–Trinajstić information content (AvgIpc) is 4.08. The summed E-state index contributed by atoms with van der Waals surface area (Å²) in [5.74, 6) is 0. The van der Waals surface area contributed by atoms with E-state index in [1.165, 1.54) is 116 Å². The Morgan fingerprint density at radius 2 is 0.676 bits per heavy atom. The van der Waals surface area contributed by atoms with Gasteiger partial charge in [-0.1, -0.05) is 167 Å². The second-order valence-corrected chi connectivity index (χ2v) is 25.4. The van der Waals surface area contributed by atoms with Crippen LogP contribution in [0, 0.1) is 0 Å². The highest BCUT2D eigenvalue weighted by Gasteiger charge is 2.44. The van der Waals surface area contributed by atoms with Crippen LogP contribution in [-0.4, -0.2) is 0 Å². The van der Waals surface area contributed by atoms with Crippen molar-refractivity contribution in [2.45, 2.75) is 103 Å². The van der Waals surface area contributed by atoms with Crippen LogP contribution < -0.4 is 4.90 Å². The van der Waals surface area contributed by atoms with Crippen LogP contribution >= 0.6 is 0 Å². The van der Waals surface area contributed by atoms with Gasteiger partial charge in [0.05, 0.1) is 5.69 Å². The number of anilines is 3. The minimum Gasteiger partial charge on any atom is -0.454 e. The van der Waals surface area contributed by atoms with Crippen LogP contribution in [0.4, 0.5) is 17.1 Å². The Labute approximate surface area is 435 Å². The lowest BCUT2D eigenvalue weighted by Crippen LogP contribution is -2.18. The zero-order chi connectivity index (χ0) is 50.7. The fraction of sp³-hybridized carbons (Fsp3) is 0.222. The monoisotopic (exact) mass is 955 g/mol. The van der Waals surface area contributed by atoms with Gasteiger partial charge in [-0.2, -0.15) is 0 Å². The molecule has 0 amide bonds. The maximum Gasteiger partial charge on any atom is 0.159 e. The van der Waals surface area contributed by atoms with Gasteiger partial charge in [0.1, 0.15) is 5.58 Å². The molecule has 11 aromatic rings. The summed E-state index contributed by atoms with van der Waals surface area (Å²) in [6.45, 7) is 26.2. The summed E-state index contributed by atoms with van der Waals surface area (Å²) in [6, 6.07) is 65.5. The molecule has 4 aliphatic carbocycles. The molecule has 0 saturated carbocycles. The van der Waals surface area contributed by atoms with Gasteiger partial charge in [0.2, 0.25) is 0 Å². The molecule has 0 unspecified atom stereocenters. The van der Waals surface area contributed by atoms with Crippen molar-refractivity contribution in [3.05, 3.63) is 220 Å². The van der Waals surface area contributed by atoms with E-state index in [1.807, 2.05) is 0 Å². The summed E-state index contributed by atoms with van der Waals surface area (Å²) in [5, 5.41) is 7.48. The Morgan fingerprint density at radius 3 is 1.11 bits per heavy atom. The molecule has 0 fully saturated rings. The van der Waals surface area contributed by atoms with Gasteiger partial charge in [0.15, 0.2) is 5.58 Å². The number of fused-ring (bicyclic) bond motifs is 17. The highest BCUT2D eigenvalue weighted by atomic mass is 16.3. The third-order valence-corrected chi connectivity index (χ3v) is 18.7. The topological polar surface area (TPSA) is 16.4 Å². The molecule has 0 bridgehead atoms. The zero-order valence-corrected chi connectivity index (χ0v) is 44.5. The number of nitrogens with zero attached hydrogens (tertiary/aromatic N) is 1. The molecule has 15 rings (SSSR count). The first kappa shape index (κ1) is 43.9. The summed E-state index contributed by atoms with van der Waals surface area (Å²) in [7, 11) is 0. The Hall–Kier alpha value is -7.68. The van der Waals surface area contributed by atoms with Crippen molar-refractivity contribution in [3.8, 4) is 44.5 Å². The van der Waals surface area contributed by atoms with E-state index in [9.17, 15) is 0 Å². The van der Waals surface area contributed by atoms with E-state index in [4.69, 9.17) is 4.42 Å². The third kappa shape index (κ3) is 5.61. The van der Waals surface area contributed by atoms with Crippen molar-refractivity contribution >= 4 is 60.5 Å². The van der Waals surface area contributed by atoms with Gasteiger partial charge < -0.3 is 9.32 Å². The van der Waals surface area contributed by atoms with Crippen LogP contribution in [-0.2, 0) is 27.1 Å². The number of rotatable bonds is 3. The van der Waals surface area contributed by atoms with Gasteiger partial charge in [0, 0.05) is 49.4 Å². The molecule has 4 aliphatic rings. The summed E-state index contributed by atoms with van der Waals surface area (Å²) in [6.07, 6.45) is 0. The van der Waals surface area contributed by atoms with Gasteiger partial charge in [0.25, 0.3) is 0 Å². The van der Waals surface area contributed by atoms with Crippen LogP contribution in [0.1, 0.15) is 126 Å². The van der Waals surface area contributed by atoms with Gasteiger partial charge in [-0.3, -0.25) is 0 Å². The van der Waals surface area contributed by atoms with Gasteiger partial charge >= 0.3 is 0 Å². The average molecular weight is 956 g/mol. The van der Waals surface area contributed by atoms with Crippen molar-refractivity contribution in [2.75, 3.05) is 4.90 Å². The van der Waals surface area contributed by atoms with Crippen molar-refractivity contribution in [2.24, 2.45) is 0 Å². The van der Waals surface area contributed by atoms with Crippen molar-refractivity contribution in [1.82, 2.24) is 0 Å². The molecule has 10 aromatic carbocycles. The molecule has 74 heavy (non-hydrogen) atoms. The third-order valence-electron chi connectivity index (χ3n) is 18.7. The van der Waals surface area contributed by atoms with Crippen LogP contribution in [0.5, 0.6) is 0 Å². The molecule has 2 heteroatoms. The standard InChI is InChI=1S/C72H61NO/c1-68(2,3)56-24-16-22-48-49-23-17-25-65(67(49)74-66(48)56)73(44-26-28-46-52-36-63-54(38-61(52)71(8,9)59(46)34-44)50-30-40-18-12-14-20-42(40)32-57(50)69(63,4)5)45-27-29-47-53-37-64-55(39-62(53)72(10,11)60(47)35-45)51-31-41-19-13-15-21-43(41)33-58(51)70(64,6)7/h12-39H,1-11H3. The maximum atomic E-state index is 7.23. The van der Waals surface area contributed by atoms with Gasteiger partial charge in [-0.25, -0.2) is 0 Å². The SMILES string of the molecule is CC(C)(C)c1cccc2c1oc1c(N(c3ccc4c(c3)C(C)(C)c3cc5c(cc3-4)C(C)(C)c3cc4ccccc4cc3-5)c3ccc4c(c3)C(C)(C)c3cc5c(cc3-4)C(C)(C)c3cc4ccccc4cc3-5)cccc12. The quantitative estimate of drug-likeness (QED) is 0.175. The Balaban J connectivity index is 0.912. The van der Waals surface area contributed by atoms with E-state index in [0.717, 1.165) is 39.0 Å². The van der Waals surface area contributed by atoms with Gasteiger partial charge in [-0.05, 0) is 195 Å².